The lowest BCUT2D eigenvalue weighted by Gasteiger charge is -2.35. The van der Waals surface area contributed by atoms with Gasteiger partial charge in [-0.3, -0.25) is 24.1 Å². The Balaban J connectivity index is 0.867. The summed E-state index contributed by atoms with van der Waals surface area (Å²) in [5.41, 5.74) is 0.930. The highest BCUT2D eigenvalue weighted by molar-refractivity contribution is 7.81. The predicted molar refractivity (Wildman–Crippen MR) is 260 cm³/mol. The van der Waals surface area contributed by atoms with Gasteiger partial charge in [-0.05, 0) is 99.1 Å². The first kappa shape index (κ1) is 53.3. The van der Waals surface area contributed by atoms with E-state index >= 15 is 0 Å². The van der Waals surface area contributed by atoms with Crippen molar-refractivity contribution in [2.24, 2.45) is 5.41 Å². The van der Waals surface area contributed by atoms with Crippen molar-refractivity contribution in [3.05, 3.63) is 88.8 Å². The molecular weight excluding hydrogens is 950 g/mol. The molecule has 2 aliphatic heterocycles. The lowest BCUT2D eigenvalue weighted by Crippen LogP contribution is -2.58. The Labute approximate surface area is 414 Å². The van der Waals surface area contributed by atoms with Crippen LogP contribution in [0.25, 0.3) is 10.4 Å². The van der Waals surface area contributed by atoms with Gasteiger partial charge in [0.2, 0.25) is 17.7 Å². The van der Waals surface area contributed by atoms with E-state index in [0.717, 1.165) is 32.8 Å². The molecule has 2 saturated heterocycles. The van der Waals surface area contributed by atoms with Gasteiger partial charge in [-0.15, -0.1) is 11.3 Å². The zero-order valence-electron chi connectivity index (χ0n) is 39.8. The molecule has 4 aromatic rings. The van der Waals surface area contributed by atoms with Crippen LogP contribution in [0.15, 0.2) is 66.3 Å². The van der Waals surface area contributed by atoms with Crippen molar-refractivity contribution in [2.45, 2.75) is 104 Å². The number of nitrogens with zero attached hydrogens (tertiary/aromatic N) is 6. The van der Waals surface area contributed by atoms with Gasteiger partial charge < -0.3 is 39.8 Å². The van der Waals surface area contributed by atoms with E-state index in [9.17, 15) is 37.5 Å². The van der Waals surface area contributed by atoms with Gasteiger partial charge in [0.05, 0.1) is 46.2 Å². The fourth-order valence-electron chi connectivity index (χ4n) is 8.04. The highest BCUT2D eigenvalue weighted by atomic mass is 32.1. The zero-order valence-corrected chi connectivity index (χ0v) is 41.4. The minimum Gasteiger partial charge on any atom is -0.494 e. The van der Waals surface area contributed by atoms with Crippen molar-refractivity contribution in [2.75, 3.05) is 49.4 Å². The third-order valence-electron chi connectivity index (χ3n) is 11.8. The number of carbonyl (C=O) groups excluding carboxylic acids is 4. The van der Waals surface area contributed by atoms with Crippen molar-refractivity contribution in [3.63, 3.8) is 0 Å². The summed E-state index contributed by atoms with van der Waals surface area (Å²) in [6, 6.07) is 14.8. The maximum Gasteiger partial charge on any atom is 0.419 e. The summed E-state index contributed by atoms with van der Waals surface area (Å²) in [5.74, 6) is -1.35. The molecule has 21 heteroatoms. The summed E-state index contributed by atoms with van der Waals surface area (Å²) in [6.07, 6.45) is -2.75. The number of hydrogen-bond donors (Lipinski definition) is 3. The maximum absolute atomic E-state index is 13.9. The summed E-state index contributed by atoms with van der Waals surface area (Å²) in [6.45, 7) is 12.0. The SMILES string of the molecule is Cc1ncsc1-c1ccc(CNC(=O)C2CC(O)CN2C(=O)C(NC(=O)COCCCOCCCCOc2ccc(N3C(=S)N(c4cnc(C#N)c(C(F)(F)F)c4)C(=O)C3(C)C)cc2)C(C)(C)C)cc1. The number of carbonyl (C=O) groups is 4. The van der Waals surface area contributed by atoms with Crippen LogP contribution in [0, 0.1) is 23.7 Å². The molecule has 0 spiro atoms. The third-order valence-corrected chi connectivity index (χ3v) is 13.1. The first-order chi connectivity index (χ1) is 33.1. The largest absolute Gasteiger partial charge is 0.494 e. The number of anilines is 2. The number of thiocarbonyl (C=S) groups is 1. The number of nitrogens with one attached hydrogen (secondary N) is 2. The number of aliphatic hydroxyl groups excluding tert-OH is 1. The van der Waals surface area contributed by atoms with E-state index in [4.69, 9.17) is 31.7 Å². The highest BCUT2D eigenvalue weighted by Gasteiger charge is 2.51. The summed E-state index contributed by atoms with van der Waals surface area (Å²) < 4.78 is 58.2. The number of aryl methyl sites for hydroxylation is 1. The molecule has 3 atom stereocenters. The maximum atomic E-state index is 13.9. The van der Waals surface area contributed by atoms with E-state index in [0.29, 0.717) is 56.6 Å². The van der Waals surface area contributed by atoms with Crippen LogP contribution in [0.5, 0.6) is 5.75 Å². The molecule has 0 aliphatic carbocycles. The number of ether oxygens (including phenoxy) is 3. The van der Waals surface area contributed by atoms with Crippen LogP contribution in [0.2, 0.25) is 0 Å². The molecule has 2 aromatic carbocycles. The number of aliphatic hydroxyl groups is 1. The fourth-order valence-corrected chi connectivity index (χ4v) is 9.37. The number of benzene rings is 2. The minimum atomic E-state index is -4.86. The molecule has 16 nitrogen and oxygen atoms in total. The second-order valence-corrected chi connectivity index (χ2v) is 19.7. The van der Waals surface area contributed by atoms with Crippen LogP contribution in [-0.4, -0.2) is 112 Å². The van der Waals surface area contributed by atoms with E-state index in [1.54, 1.807) is 55.0 Å². The molecule has 2 aliphatic rings. The van der Waals surface area contributed by atoms with Crippen LogP contribution in [0.3, 0.4) is 0 Å². The van der Waals surface area contributed by atoms with Crippen molar-refractivity contribution in [3.8, 4) is 22.3 Å². The number of pyridine rings is 1. The Morgan fingerprint density at radius 3 is 2.30 bits per heavy atom. The van der Waals surface area contributed by atoms with Gasteiger partial charge in [-0.1, -0.05) is 45.0 Å². The molecule has 4 amide bonds. The Hall–Kier alpha value is -6.05. The molecule has 70 heavy (non-hydrogen) atoms. The van der Waals surface area contributed by atoms with Gasteiger partial charge in [-0.2, -0.15) is 18.4 Å². The monoisotopic (exact) mass is 1010 g/mol. The molecule has 0 saturated carbocycles. The second kappa shape index (κ2) is 22.8. The molecule has 4 heterocycles. The number of halogens is 3. The molecule has 3 unspecified atom stereocenters. The average molecular weight is 1010 g/mol. The topological polar surface area (TPSA) is 200 Å². The Morgan fingerprint density at radius 2 is 1.66 bits per heavy atom. The van der Waals surface area contributed by atoms with Gasteiger partial charge in [0.1, 0.15) is 36.0 Å². The highest BCUT2D eigenvalue weighted by Crippen LogP contribution is 2.39. The normalized spacial score (nSPS) is 17.4. The average Bonchev–Trinajstić information content (AvgIpc) is 3.98. The molecule has 0 radical (unpaired) electrons. The van der Waals surface area contributed by atoms with Gasteiger partial charge in [0.25, 0.3) is 5.91 Å². The Morgan fingerprint density at radius 1 is 0.986 bits per heavy atom. The number of alkyl halides is 3. The lowest BCUT2D eigenvalue weighted by atomic mass is 9.85. The van der Waals surface area contributed by atoms with E-state index in [2.05, 4.69) is 20.6 Å². The van der Waals surface area contributed by atoms with Crippen LogP contribution in [0.4, 0.5) is 24.5 Å². The van der Waals surface area contributed by atoms with Crippen LogP contribution >= 0.6 is 23.6 Å². The fraction of sp³-hybridized carbons (Fsp3) is 0.469. The number of thiazole rings is 1. The summed E-state index contributed by atoms with van der Waals surface area (Å²) in [4.78, 5) is 66.7. The van der Waals surface area contributed by atoms with Gasteiger partial charge in [-0.25, -0.2) is 9.97 Å². The van der Waals surface area contributed by atoms with Crippen molar-refractivity contribution in [1.82, 2.24) is 25.5 Å². The summed E-state index contributed by atoms with van der Waals surface area (Å²) in [7, 11) is 0. The van der Waals surface area contributed by atoms with Crippen LogP contribution < -0.4 is 25.2 Å². The second-order valence-electron chi connectivity index (χ2n) is 18.5. The molecule has 3 N–H and O–H groups in total. The van der Waals surface area contributed by atoms with Crippen molar-refractivity contribution >= 4 is 63.7 Å². The molecular formula is C49H57F3N8O8S2. The van der Waals surface area contributed by atoms with Crippen LogP contribution in [0.1, 0.15) is 82.8 Å². The number of β-amino-alcohol motifs (C(OH)–C–C–N with tert-alkyl or cyclic N) is 1. The number of rotatable bonds is 20. The van der Waals surface area contributed by atoms with Crippen molar-refractivity contribution < 1.29 is 51.7 Å². The van der Waals surface area contributed by atoms with E-state index in [1.165, 1.54) is 15.9 Å². The van der Waals surface area contributed by atoms with Crippen molar-refractivity contribution in [1.29, 1.82) is 5.26 Å². The van der Waals surface area contributed by atoms with Crippen LogP contribution in [-0.2, 0) is 41.4 Å². The number of hydrogen-bond acceptors (Lipinski definition) is 13. The van der Waals surface area contributed by atoms with E-state index in [1.807, 2.05) is 52.0 Å². The summed E-state index contributed by atoms with van der Waals surface area (Å²) in [5, 5.41) is 25.3. The van der Waals surface area contributed by atoms with Gasteiger partial charge >= 0.3 is 6.18 Å². The smallest absolute Gasteiger partial charge is 0.419 e. The molecule has 2 fully saturated rings. The molecule has 2 aromatic heterocycles. The summed E-state index contributed by atoms with van der Waals surface area (Å²) >= 11 is 7.15. The Bertz CT molecular complexity index is 2560. The number of likely N-dealkylation sites (tertiary alicyclic amines) is 1. The van der Waals surface area contributed by atoms with E-state index < -0.39 is 70.2 Å². The molecule has 374 valence electrons. The molecule has 0 bridgehead atoms. The zero-order chi connectivity index (χ0) is 51.0. The van der Waals surface area contributed by atoms with Gasteiger partial charge in [0.15, 0.2) is 10.8 Å². The Kier molecular flexibility index (Phi) is 17.4. The third kappa shape index (κ3) is 12.8. The minimum absolute atomic E-state index is 0.0362. The molecule has 6 rings (SSSR count). The first-order valence-electron chi connectivity index (χ1n) is 22.7. The quantitative estimate of drug-likeness (QED) is 0.0624. The number of amides is 4. The lowest BCUT2D eigenvalue weighted by molar-refractivity contribution is -0.144. The van der Waals surface area contributed by atoms with Gasteiger partial charge in [0, 0.05) is 45.0 Å². The van der Waals surface area contributed by atoms with E-state index in [-0.39, 0.29) is 43.5 Å². The first-order valence-corrected chi connectivity index (χ1v) is 24.0. The number of unbranched alkanes of at least 4 members (excludes halogenated alkanes) is 1. The number of nitriles is 1. The predicted octanol–water partition coefficient (Wildman–Crippen LogP) is 6.71. The number of aromatic nitrogens is 2. The standard InChI is InChI=1S/C49H57F3N8O8S2/c1-30-41(70-29-56-30)32-12-10-31(11-13-32)25-55-43(63)39-23-35(61)27-58(39)44(64)42(47(2,3)4)57-40(62)28-67-20-9-19-66-18-7-8-21-68-36-16-14-33(15-17-36)60-46(69)59(45(65)48(60,5)6)34-22-37(49(50,51)52)38(24-53)54-26-34/h10-17,22,26,29,35,39,42,61H,7-9,18-21,23,25,27-28H2,1-6H3,(H,55,63)(H,57,62).